The topological polar surface area (TPSA) is 94.9 Å². The van der Waals surface area contributed by atoms with Gasteiger partial charge in [-0.3, -0.25) is 4.79 Å². The molecule has 0 unspecified atom stereocenters. The van der Waals surface area contributed by atoms with Crippen LogP contribution in [0.5, 0.6) is 5.75 Å². The lowest BCUT2D eigenvalue weighted by molar-refractivity contribution is -0.128. The van der Waals surface area contributed by atoms with Crippen molar-refractivity contribution in [2.75, 3.05) is 19.7 Å². The molecule has 1 amide bonds. The molecular weight excluding hydrogens is 282 g/mol. The van der Waals surface area contributed by atoms with Crippen molar-refractivity contribution >= 4 is 5.91 Å². The molecule has 1 fully saturated rings. The lowest BCUT2D eigenvalue weighted by atomic mass is 10.1. The summed E-state index contributed by atoms with van der Waals surface area (Å²) in [6, 6.07) is 9.31. The first kappa shape index (κ1) is 14.1. The maximum Gasteiger partial charge on any atom is 0.222 e. The van der Waals surface area contributed by atoms with Crippen LogP contribution in [0.3, 0.4) is 0 Å². The molecule has 0 saturated carbocycles. The Morgan fingerprint density at radius 1 is 1.41 bits per heavy atom. The summed E-state index contributed by atoms with van der Waals surface area (Å²) in [4.78, 5) is 13.3. The lowest BCUT2D eigenvalue weighted by Crippen LogP contribution is -2.29. The first-order chi connectivity index (χ1) is 10.8. The van der Waals surface area contributed by atoms with Crippen molar-refractivity contribution in [2.45, 2.75) is 12.8 Å². The van der Waals surface area contributed by atoms with Crippen LogP contribution in [0, 0.1) is 11.3 Å². The Labute approximate surface area is 127 Å². The van der Waals surface area contributed by atoms with Gasteiger partial charge >= 0.3 is 0 Å². The van der Waals surface area contributed by atoms with Gasteiger partial charge in [0.25, 0.3) is 0 Å². The number of aromatic amines is 1. The van der Waals surface area contributed by atoms with E-state index < -0.39 is 0 Å². The zero-order valence-electron chi connectivity index (χ0n) is 12.0. The Kier molecular flexibility index (Phi) is 4.01. The molecule has 1 aromatic heterocycles. The lowest BCUT2D eigenvalue weighted by Gasteiger charge is -2.15. The van der Waals surface area contributed by atoms with E-state index in [-0.39, 0.29) is 11.6 Å². The second-order valence-corrected chi connectivity index (χ2v) is 4.99. The molecule has 2 heterocycles. The van der Waals surface area contributed by atoms with Crippen LogP contribution < -0.4 is 4.74 Å². The van der Waals surface area contributed by atoms with E-state index in [1.807, 2.05) is 35.2 Å². The molecule has 3 rings (SSSR count). The van der Waals surface area contributed by atoms with E-state index in [4.69, 9.17) is 10.00 Å². The van der Waals surface area contributed by atoms with E-state index in [1.54, 1.807) is 0 Å². The number of H-pyrrole nitrogens is 1. The number of amides is 1. The summed E-state index contributed by atoms with van der Waals surface area (Å²) in [6.07, 6.45) is 1.57. The Bertz CT molecular complexity index is 719. The molecular formula is C15H15N5O2. The molecule has 0 bridgehead atoms. The number of hydrogen-bond acceptors (Lipinski definition) is 5. The number of rotatable bonds is 5. The molecule has 0 radical (unpaired) electrons. The number of nitrogens with zero attached hydrogens (tertiary/aromatic N) is 4. The van der Waals surface area contributed by atoms with Crippen LogP contribution in [0.4, 0.5) is 0 Å². The zero-order chi connectivity index (χ0) is 15.4. The van der Waals surface area contributed by atoms with Gasteiger partial charge in [0.05, 0.1) is 6.54 Å². The fraction of sp³-hybridized carbons (Fsp3) is 0.333. The smallest absolute Gasteiger partial charge is 0.222 e. The molecule has 22 heavy (non-hydrogen) atoms. The van der Waals surface area contributed by atoms with Crippen LogP contribution in [0.15, 0.2) is 24.3 Å². The molecule has 0 spiro atoms. The minimum atomic E-state index is 0.193. The van der Waals surface area contributed by atoms with Crippen molar-refractivity contribution in [1.82, 2.24) is 20.3 Å². The van der Waals surface area contributed by atoms with Crippen molar-refractivity contribution < 1.29 is 9.53 Å². The van der Waals surface area contributed by atoms with E-state index in [9.17, 15) is 4.79 Å². The summed E-state index contributed by atoms with van der Waals surface area (Å²) in [5, 5.41) is 19.2. The number of nitriles is 1. The number of aromatic nitrogens is 3. The van der Waals surface area contributed by atoms with E-state index in [0.717, 1.165) is 18.5 Å². The third-order valence-corrected chi connectivity index (χ3v) is 3.56. The second kappa shape index (κ2) is 6.26. The molecule has 0 atom stereocenters. The molecule has 1 N–H and O–H groups in total. The van der Waals surface area contributed by atoms with Crippen molar-refractivity contribution in [3.63, 3.8) is 0 Å². The van der Waals surface area contributed by atoms with Crippen molar-refractivity contribution in [2.24, 2.45) is 0 Å². The fourth-order valence-corrected chi connectivity index (χ4v) is 2.46. The van der Waals surface area contributed by atoms with Crippen molar-refractivity contribution in [3.05, 3.63) is 30.0 Å². The third kappa shape index (κ3) is 2.91. The normalized spacial score (nSPS) is 14.1. The van der Waals surface area contributed by atoms with Gasteiger partial charge in [0.1, 0.15) is 24.1 Å². The first-order valence-electron chi connectivity index (χ1n) is 7.10. The van der Waals surface area contributed by atoms with Crippen LogP contribution in [0.1, 0.15) is 18.5 Å². The van der Waals surface area contributed by atoms with E-state index in [1.165, 1.54) is 0 Å². The summed E-state index contributed by atoms with van der Waals surface area (Å²) < 4.78 is 5.69. The number of carbonyl (C=O) groups excluding carboxylic acids is 1. The maximum atomic E-state index is 11.5. The van der Waals surface area contributed by atoms with Crippen LogP contribution in [-0.4, -0.2) is 45.9 Å². The highest BCUT2D eigenvalue weighted by Crippen LogP contribution is 2.23. The van der Waals surface area contributed by atoms with Gasteiger partial charge < -0.3 is 9.64 Å². The second-order valence-electron chi connectivity index (χ2n) is 4.99. The number of nitrogens with one attached hydrogen (secondary N) is 1. The average Bonchev–Trinajstić information content (AvgIpc) is 3.17. The summed E-state index contributed by atoms with van der Waals surface area (Å²) in [6.45, 7) is 1.85. The Balaban J connectivity index is 1.64. The monoisotopic (exact) mass is 297 g/mol. The predicted molar refractivity (Wildman–Crippen MR) is 77.8 cm³/mol. The Morgan fingerprint density at radius 2 is 2.32 bits per heavy atom. The highest BCUT2D eigenvalue weighted by atomic mass is 16.5. The summed E-state index contributed by atoms with van der Waals surface area (Å²) in [7, 11) is 0. The van der Waals surface area contributed by atoms with Crippen molar-refractivity contribution in [3.8, 4) is 23.1 Å². The molecule has 1 aromatic carbocycles. The van der Waals surface area contributed by atoms with Gasteiger partial charge in [-0.2, -0.15) is 15.6 Å². The molecule has 112 valence electrons. The van der Waals surface area contributed by atoms with Gasteiger partial charge in [0.2, 0.25) is 5.91 Å². The largest absolute Gasteiger partial charge is 0.492 e. The highest BCUT2D eigenvalue weighted by Gasteiger charge is 2.19. The van der Waals surface area contributed by atoms with E-state index in [2.05, 4.69) is 15.4 Å². The molecule has 7 nitrogen and oxygen atoms in total. The number of benzene rings is 1. The van der Waals surface area contributed by atoms with Crippen LogP contribution in [-0.2, 0) is 4.79 Å². The van der Waals surface area contributed by atoms with Crippen LogP contribution in [0.2, 0.25) is 0 Å². The van der Waals surface area contributed by atoms with Gasteiger partial charge in [0, 0.05) is 18.5 Å². The zero-order valence-corrected chi connectivity index (χ0v) is 12.0. The standard InChI is InChI=1S/C15H15N5O2/c16-10-13-15(18-19-17-13)11-3-1-4-12(9-11)22-8-7-20-6-2-5-14(20)21/h1,3-4,9H,2,5-8H2,(H,17,18,19). The summed E-state index contributed by atoms with van der Waals surface area (Å²) >= 11 is 0. The van der Waals surface area contributed by atoms with Gasteiger partial charge in [0.15, 0.2) is 5.69 Å². The molecule has 0 aliphatic carbocycles. The molecule has 1 saturated heterocycles. The third-order valence-electron chi connectivity index (χ3n) is 3.56. The molecule has 2 aromatic rings. The SMILES string of the molecule is N#Cc1n[nH]nc1-c1cccc(OCCN2CCCC2=O)c1. The highest BCUT2D eigenvalue weighted by molar-refractivity contribution is 5.78. The van der Waals surface area contributed by atoms with Gasteiger partial charge in [-0.1, -0.05) is 12.1 Å². The van der Waals surface area contributed by atoms with Crippen LogP contribution in [0.25, 0.3) is 11.3 Å². The van der Waals surface area contributed by atoms with E-state index >= 15 is 0 Å². The van der Waals surface area contributed by atoms with E-state index in [0.29, 0.717) is 31.0 Å². The Hall–Kier alpha value is -2.88. The predicted octanol–water partition coefficient (Wildman–Crippen LogP) is 1.34. The van der Waals surface area contributed by atoms with Gasteiger partial charge in [-0.05, 0) is 18.6 Å². The number of carbonyl (C=O) groups is 1. The van der Waals surface area contributed by atoms with Gasteiger partial charge in [-0.25, -0.2) is 0 Å². The molecule has 7 heteroatoms. The minimum absolute atomic E-state index is 0.193. The molecule has 1 aliphatic heterocycles. The first-order valence-corrected chi connectivity index (χ1v) is 7.10. The van der Waals surface area contributed by atoms with Gasteiger partial charge in [-0.15, -0.1) is 5.10 Å². The van der Waals surface area contributed by atoms with Crippen molar-refractivity contribution in [1.29, 1.82) is 5.26 Å². The number of ether oxygens (including phenoxy) is 1. The summed E-state index contributed by atoms with van der Waals surface area (Å²) in [5.41, 5.74) is 1.52. The maximum absolute atomic E-state index is 11.5. The average molecular weight is 297 g/mol. The minimum Gasteiger partial charge on any atom is -0.492 e. The number of hydrogen-bond donors (Lipinski definition) is 1. The van der Waals surface area contributed by atoms with Crippen LogP contribution >= 0.6 is 0 Å². The molecule has 1 aliphatic rings. The summed E-state index contributed by atoms with van der Waals surface area (Å²) in [5.74, 6) is 0.870. The quantitative estimate of drug-likeness (QED) is 0.898. The fourth-order valence-electron chi connectivity index (χ4n) is 2.46. The number of likely N-dealkylation sites (tertiary alicyclic amines) is 1. The Morgan fingerprint density at radius 3 is 3.09 bits per heavy atom.